The highest BCUT2D eigenvalue weighted by molar-refractivity contribution is 5.24. The highest BCUT2D eigenvalue weighted by Crippen LogP contribution is 2.20. The number of aryl methyl sites for hydroxylation is 1. The monoisotopic (exact) mass is 219 g/mol. The van der Waals surface area contributed by atoms with Crippen LogP contribution in [0.2, 0.25) is 0 Å². The largest absolute Gasteiger partial charge is 0.388 e. The lowest BCUT2D eigenvalue weighted by atomic mass is 10.0. The van der Waals surface area contributed by atoms with Gasteiger partial charge in [-0.1, -0.05) is 31.2 Å². The van der Waals surface area contributed by atoms with Gasteiger partial charge in [0, 0.05) is 6.04 Å². The van der Waals surface area contributed by atoms with Crippen LogP contribution >= 0.6 is 0 Å². The summed E-state index contributed by atoms with van der Waals surface area (Å²) in [4.78, 5) is 0. The molecule has 2 nitrogen and oxygen atoms in total. The van der Waals surface area contributed by atoms with Gasteiger partial charge in [-0.2, -0.15) is 0 Å². The maximum Gasteiger partial charge on any atom is 0.0802 e. The van der Waals surface area contributed by atoms with Crippen LogP contribution < -0.4 is 5.32 Å². The summed E-state index contributed by atoms with van der Waals surface area (Å²) in [5, 5.41) is 13.4. The highest BCUT2D eigenvalue weighted by Gasteiger charge is 2.20. The zero-order chi connectivity index (χ0) is 11.4. The standard InChI is InChI=1S/C14H21NO/c1-2-11-3-5-12(6-4-11)14(16)9-10-15-13-7-8-13/h3-6,13-16H,2,7-10H2,1H3. The van der Waals surface area contributed by atoms with E-state index in [-0.39, 0.29) is 6.10 Å². The summed E-state index contributed by atoms with van der Waals surface area (Å²) >= 11 is 0. The normalized spacial score (nSPS) is 17.4. The molecule has 2 N–H and O–H groups in total. The van der Waals surface area contributed by atoms with Crippen LogP contribution in [0.1, 0.15) is 43.4 Å². The molecule has 0 heterocycles. The SMILES string of the molecule is CCc1ccc(C(O)CCNC2CC2)cc1. The fourth-order valence-corrected chi connectivity index (χ4v) is 1.85. The molecular weight excluding hydrogens is 198 g/mol. The number of hydrogen-bond donors (Lipinski definition) is 2. The molecule has 1 unspecified atom stereocenters. The third-order valence-corrected chi connectivity index (χ3v) is 3.20. The molecule has 0 aliphatic heterocycles. The van der Waals surface area contributed by atoms with Crippen molar-refractivity contribution in [2.45, 2.75) is 44.8 Å². The van der Waals surface area contributed by atoms with Crippen LogP contribution in [-0.2, 0) is 6.42 Å². The van der Waals surface area contributed by atoms with E-state index < -0.39 is 0 Å². The molecule has 0 amide bonds. The number of aliphatic hydroxyl groups excluding tert-OH is 1. The van der Waals surface area contributed by atoms with Gasteiger partial charge in [0.2, 0.25) is 0 Å². The highest BCUT2D eigenvalue weighted by atomic mass is 16.3. The number of nitrogens with one attached hydrogen (secondary N) is 1. The molecule has 1 aromatic rings. The Morgan fingerprint density at radius 1 is 1.31 bits per heavy atom. The van der Waals surface area contributed by atoms with Crippen molar-refractivity contribution in [2.24, 2.45) is 0 Å². The van der Waals surface area contributed by atoms with Crippen LogP contribution in [0, 0.1) is 0 Å². The van der Waals surface area contributed by atoms with E-state index in [4.69, 9.17) is 0 Å². The number of benzene rings is 1. The third-order valence-electron chi connectivity index (χ3n) is 3.20. The molecule has 0 saturated heterocycles. The molecular formula is C14H21NO. The third kappa shape index (κ3) is 3.32. The zero-order valence-electron chi connectivity index (χ0n) is 9.95. The lowest BCUT2D eigenvalue weighted by Gasteiger charge is -2.11. The van der Waals surface area contributed by atoms with Gasteiger partial charge in [-0.15, -0.1) is 0 Å². The lowest BCUT2D eigenvalue weighted by Crippen LogP contribution is -2.19. The van der Waals surface area contributed by atoms with Gasteiger partial charge in [0.1, 0.15) is 0 Å². The number of hydrogen-bond acceptors (Lipinski definition) is 2. The minimum absolute atomic E-state index is 0.322. The summed E-state index contributed by atoms with van der Waals surface area (Å²) < 4.78 is 0. The van der Waals surface area contributed by atoms with Crippen molar-refractivity contribution in [1.82, 2.24) is 5.32 Å². The Hall–Kier alpha value is -0.860. The lowest BCUT2D eigenvalue weighted by molar-refractivity contribution is 0.166. The van der Waals surface area contributed by atoms with E-state index >= 15 is 0 Å². The first-order chi connectivity index (χ1) is 7.79. The predicted molar refractivity (Wildman–Crippen MR) is 66.4 cm³/mol. The average molecular weight is 219 g/mol. The molecule has 1 fully saturated rings. The van der Waals surface area contributed by atoms with Crippen molar-refractivity contribution in [3.8, 4) is 0 Å². The Kier molecular flexibility index (Phi) is 3.97. The first-order valence-corrected chi connectivity index (χ1v) is 6.30. The Morgan fingerprint density at radius 3 is 2.56 bits per heavy atom. The first kappa shape index (κ1) is 11.6. The van der Waals surface area contributed by atoms with E-state index in [1.54, 1.807) is 0 Å². The Morgan fingerprint density at radius 2 is 2.00 bits per heavy atom. The second-order valence-corrected chi connectivity index (χ2v) is 4.63. The minimum Gasteiger partial charge on any atom is -0.388 e. The van der Waals surface area contributed by atoms with Crippen LogP contribution in [-0.4, -0.2) is 17.7 Å². The van der Waals surface area contributed by atoms with Crippen molar-refractivity contribution in [3.63, 3.8) is 0 Å². The Labute approximate surface area is 97.7 Å². The summed E-state index contributed by atoms with van der Waals surface area (Å²) in [6.45, 7) is 3.06. The van der Waals surface area contributed by atoms with Crippen molar-refractivity contribution in [1.29, 1.82) is 0 Å². The van der Waals surface area contributed by atoms with E-state index in [0.29, 0.717) is 0 Å². The molecule has 0 aromatic heterocycles. The maximum absolute atomic E-state index is 9.98. The number of aliphatic hydroxyl groups is 1. The summed E-state index contributed by atoms with van der Waals surface area (Å²) in [5.41, 5.74) is 2.36. The van der Waals surface area contributed by atoms with Gasteiger partial charge in [-0.05, 0) is 43.4 Å². The Bertz CT molecular complexity index is 316. The molecule has 2 heteroatoms. The second kappa shape index (κ2) is 5.46. The van der Waals surface area contributed by atoms with Crippen LogP contribution in [0.15, 0.2) is 24.3 Å². The van der Waals surface area contributed by atoms with Crippen molar-refractivity contribution in [2.75, 3.05) is 6.54 Å². The molecule has 0 spiro atoms. The zero-order valence-corrected chi connectivity index (χ0v) is 9.95. The molecule has 16 heavy (non-hydrogen) atoms. The minimum atomic E-state index is -0.322. The van der Waals surface area contributed by atoms with Gasteiger partial charge >= 0.3 is 0 Å². The van der Waals surface area contributed by atoms with Crippen LogP contribution in [0.25, 0.3) is 0 Å². The van der Waals surface area contributed by atoms with Gasteiger partial charge in [0.15, 0.2) is 0 Å². The van der Waals surface area contributed by atoms with Gasteiger partial charge < -0.3 is 10.4 Å². The second-order valence-electron chi connectivity index (χ2n) is 4.63. The Balaban J connectivity index is 1.79. The molecule has 1 aliphatic rings. The molecule has 0 bridgehead atoms. The molecule has 2 rings (SSSR count). The number of rotatable bonds is 6. The molecule has 88 valence electrons. The van der Waals surface area contributed by atoms with E-state index in [2.05, 4.69) is 24.4 Å². The first-order valence-electron chi connectivity index (χ1n) is 6.30. The van der Waals surface area contributed by atoms with Crippen LogP contribution in [0.5, 0.6) is 0 Å². The quantitative estimate of drug-likeness (QED) is 0.770. The topological polar surface area (TPSA) is 32.3 Å². The van der Waals surface area contributed by atoms with Crippen LogP contribution in [0.3, 0.4) is 0 Å². The van der Waals surface area contributed by atoms with Crippen LogP contribution in [0.4, 0.5) is 0 Å². The van der Waals surface area contributed by atoms with Gasteiger partial charge in [-0.25, -0.2) is 0 Å². The van der Waals surface area contributed by atoms with Gasteiger partial charge in [0.05, 0.1) is 6.10 Å². The maximum atomic E-state index is 9.98. The summed E-state index contributed by atoms with van der Waals surface area (Å²) in [6.07, 6.45) is 4.15. The van der Waals surface area contributed by atoms with Crippen molar-refractivity contribution < 1.29 is 5.11 Å². The summed E-state index contributed by atoms with van der Waals surface area (Å²) in [5.74, 6) is 0. The van der Waals surface area contributed by atoms with Crippen molar-refractivity contribution in [3.05, 3.63) is 35.4 Å². The molecule has 0 radical (unpaired) electrons. The van der Waals surface area contributed by atoms with E-state index in [1.807, 2.05) is 12.1 Å². The molecule has 1 atom stereocenters. The molecule has 1 aliphatic carbocycles. The average Bonchev–Trinajstić information content (AvgIpc) is 3.13. The van der Waals surface area contributed by atoms with E-state index in [0.717, 1.165) is 31.0 Å². The predicted octanol–water partition coefficient (Wildman–Crippen LogP) is 2.42. The van der Waals surface area contributed by atoms with E-state index in [1.165, 1.54) is 18.4 Å². The fraction of sp³-hybridized carbons (Fsp3) is 0.571. The summed E-state index contributed by atoms with van der Waals surface area (Å²) in [6, 6.07) is 9.02. The summed E-state index contributed by atoms with van der Waals surface area (Å²) in [7, 11) is 0. The van der Waals surface area contributed by atoms with Crippen molar-refractivity contribution >= 4 is 0 Å². The molecule has 1 saturated carbocycles. The van der Waals surface area contributed by atoms with E-state index in [9.17, 15) is 5.11 Å². The van der Waals surface area contributed by atoms with Gasteiger partial charge in [0.25, 0.3) is 0 Å². The smallest absolute Gasteiger partial charge is 0.0802 e. The van der Waals surface area contributed by atoms with Gasteiger partial charge in [-0.3, -0.25) is 0 Å². The fourth-order valence-electron chi connectivity index (χ4n) is 1.85. The molecule has 1 aromatic carbocycles.